The number of carbonyl (C=O) groups is 2. The standard InChI is InChI=1S/C21H24N4O2/c1-5-25-19(27)24(4)20(16-12-8-6-9-13-16)21(25,17-14-10-7-11-15-17)23(3)18(26)22(20)2/h6-15H,5H2,1-4H3/t20-,21-/m1/s1. The summed E-state index contributed by atoms with van der Waals surface area (Å²) >= 11 is 0. The molecule has 0 unspecified atom stereocenters. The Bertz CT molecular complexity index is 888. The SMILES string of the molecule is CCN1C(=O)N(C)[C@@]2(c3ccccc3)N(C)C(=O)N(C)[C@]12c1ccccc1. The lowest BCUT2D eigenvalue weighted by molar-refractivity contribution is -0.0538. The highest BCUT2D eigenvalue weighted by Crippen LogP contribution is 2.60. The molecule has 2 atom stereocenters. The molecule has 0 spiro atoms. The molecular formula is C21H24N4O2. The van der Waals surface area contributed by atoms with Crippen LogP contribution in [0.4, 0.5) is 9.59 Å². The number of fused-ring (bicyclic) bond motifs is 1. The normalized spacial score (nSPS) is 27.6. The van der Waals surface area contributed by atoms with E-state index in [4.69, 9.17) is 0 Å². The second-order valence-electron chi connectivity index (χ2n) is 7.06. The number of nitrogens with zero attached hydrogens (tertiary/aromatic N) is 4. The van der Waals surface area contributed by atoms with E-state index in [9.17, 15) is 9.59 Å². The molecule has 0 saturated carbocycles. The number of rotatable bonds is 3. The van der Waals surface area contributed by atoms with Gasteiger partial charge in [0, 0.05) is 38.8 Å². The van der Waals surface area contributed by atoms with E-state index in [0.717, 1.165) is 11.1 Å². The van der Waals surface area contributed by atoms with Gasteiger partial charge in [-0.3, -0.25) is 19.6 Å². The second-order valence-corrected chi connectivity index (χ2v) is 7.06. The molecule has 6 heteroatoms. The maximum Gasteiger partial charge on any atom is 0.324 e. The molecule has 0 bridgehead atoms. The first kappa shape index (κ1) is 17.4. The van der Waals surface area contributed by atoms with Gasteiger partial charge < -0.3 is 0 Å². The van der Waals surface area contributed by atoms with Crippen LogP contribution in [0, 0.1) is 0 Å². The van der Waals surface area contributed by atoms with E-state index in [1.807, 2.05) is 67.6 Å². The summed E-state index contributed by atoms with van der Waals surface area (Å²) in [6.07, 6.45) is 0. The van der Waals surface area contributed by atoms with Crippen molar-refractivity contribution in [3.8, 4) is 0 Å². The Morgan fingerprint density at radius 3 is 1.56 bits per heavy atom. The summed E-state index contributed by atoms with van der Waals surface area (Å²) in [5.41, 5.74) is -0.134. The van der Waals surface area contributed by atoms with Gasteiger partial charge in [-0.1, -0.05) is 60.7 Å². The molecule has 0 N–H and O–H groups in total. The smallest absolute Gasteiger partial charge is 0.296 e. The molecule has 0 aromatic heterocycles. The Balaban J connectivity index is 2.17. The van der Waals surface area contributed by atoms with Crippen LogP contribution in [0.3, 0.4) is 0 Å². The van der Waals surface area contributed by atoms with Crippen molar-refractivity contribution in [2.75, 3.05) is 27.7 Å². The zero-order chi connectivity index (χ0) is 19.4. The summed E-state index contributed by atoms with van der Waals surface area (Å²) in [7, 11) is 5.34. The topological polar surface area (TPSA) is 47.1 Å². The van der Waals surface area contributed by atoms with E-state index in [-0.39, 0.29) is 12.1 Å². The van der Waals surface area contributed by atoms with Crippen molar-refractivity contribution in [2.45, 2.75) is 18.2 Å². The van der Waals surface area contributed by atoms with Gasteiger partial charge in [-0.05, 0) is 6.92 Å². The minimum absolute atomic E-state index is 0.101. The number of hydrogen-bond donors (Lipinski definition) is 0. The largest absolute Gasteiger partial charge is 0.324 e. The van der Waals surface area contributed by atoms with Gasteiger partial charge in [0.15, 0.2) is 11.3 Å². The van der Waals surface area contributed by atoms with Gasteiger partial charge in [0.05, 0.1) is 0 Å². The third-order valence-electron chi connectivity index (χ3n) is 6.09. The summed E-state index contributed by atoms with van der Waals surface area (Å²) in [6, 6.07) is 19.4. The van der Waals surface area contributed by atoms with Gasteiger partial charge in [-0.15, -0.1) is 0 Å². The van der Waals surface area contributed by atoms with Crippen LogP contribution in [0.5, 0.6) is 0 Å². The minimum atomic E-state index is -0.978. The molecule has 2 fully saturated rings. The molecular weight excluding hydrogens is 340 g/mol. The first-order valence-electron chi connectivity index (χ1n) is 9.13. The quantitative estimate of drug-likeness (QED) is 0.840. The Morgan fingerprint density at radius 1 is 0.667 bits per heavy atom. The number of amides is 4. The van der Waals surface area contributed by atoms with Crippen molar-refractivity contribution in [1.29, 1.82) is 0 Å². The molecule has 2 heterocycles. The van der Waals surface area contributed by atoms with Crippen LogP contribution in [-0.2, 0) is 11.3 Å². The Morgan fingerprint density at radius 2 is 1.07 bits per heavy atom. The zero-order valence-electron chi connectivity index (χ0n) is 16.1. The molecule has 4 amide bonds. The van der Waals surface area contributed by atoms with Crippen LogP contribution < -0.4 is 0 Å². The first-order valence-corrected chi connectivity index (χ1v) is 9.13. The number of urea groups is 2. The van der Waals surface area contributed by atoms with E-state index in [0.29, 0.717) is 6.54 Å². The van der Waals surface area contributed by atoms with Crippen molar-refractivity contribution < 1.29 is 9.59 Å². The van der Waals surface area contributed by atoms with Crippen LogP contribution >= 0.6 is 0 Å². The molecule has 27 heavy (non-hydrogen) atoms. The van der Waals surface area contributed by atoms with Gasteiger partial charge in [-0.25, -0.2) is 9.59 Å². The van der Waals surface area contributed by atoms with Crippen molar-refractivity contribution >= 4 is 12.1 Å². The Hall–Kier alpha value is -3.02. The van der Waals surface area contributed by atoms with Gasteiger partial charge in [0.25, 0.3) is 0 Å². The highest BCUT2D eigenvalue weighted by Gasteiger charge is 2.77. The van der Waals surface area contributed by atoms with Crippen molar-refractivity contribution in [2.24, 2.45) is 0 Å². The molecule has 6 nitrogen and oxygen atoms in total. The molecule has 0 aliphatic carbocycles. The van der Waals surface area contributed by atoms with Crippen molar-refractivity contribution in [3.05, 3.63) is 71.8 Å². The fourth-order valence-electron chi connectivity index (χ4n) is 5.10. The monoisotopic (exact) mass is 364 g/mol. The van der Waals surface area contributed by atoms with Gasteiger partial charge >= 0.3 is 12.1 Å². The Kier molecular flexibility index (Phi) is 3.70. The fourth-order valence-corrected chi connectivity index (χ4v) is 5.10. The highest BCUT2D eigenvalue weighted by molar-refractivity contribution is 5.89. The molecule has 2 aliphatic rings. The fraction of sp³-hybridized carbons (Fsp3) is 0.333. The van der Waals surface area contributed by atoms with Gasteiger partial charge in [0.2, 0.25) is 0 Å². The molecule has 2 aliphatic heterocycles. The molecule has 4 rings (SSSR count). The number of benzene rings is 2. The second kappa shape index (κ2) is 5.74. The van der Waals surface area contributed by atoms with E-state index < -0.39 is 11.3 Å². The van der Waals surface area contributed by atoms with E-state index in [1.54, 1.807) is 40.7 Å². The highest BCUT2D eigenvalue weighted by atomic mass is 16.2. The average Bonchev–Trinajstić information content (AvgIpc) is 3.02. The third kappa shape index (κ3) is 1.75. The molecule has 140 valence electrons. The summed E-state index contributed by atoms with van der Waals surface area (Å²) < 4.78 is 0. The molecule has 2 saturated heterocycles. The van der Waals surface area contributed by atoms with Gasteiger partial charge in [-0.2, -0.15) is 0 Å². The lowest BCUT2D eigenvalue weighted by Crippen LogP contribution is -2.62. The van der Waals surface area contributed by atoms with Crippen LogP contribution in [0.1, 0.15) is 18.1 Å². The lowest BCUT2D eigenvalue weighted by Gasteiger charge is -2.48. The number of hydrogen-bond acceptors (Lipinski definition) is 2. The van der Waals surface area contributed by atoms with Crippen LogP contribution in [-0.4, -0.2) is 59.3 Å². The first-order chi connectivity index (χ1) is 13.0. The number of carbonyl (C=O) groups excluding carboxylic acids is 2. The molecule has 0 radical (unpaired) electrons. The molecule has 2 aromatic carbocycles. The Labute approximate surface area is 159 Å². The van der Waals surface area contributed by atoms with Crippen LogP contribution in [0.2, 0.25) is 0 Å². The van der Waals surface area contributed by atoms with Gasteiger partial charge in [0.1, 0.15) is 0 Å². The van der Waals surface area contributed by atoms with Crippen molar-refractivity contribution in [3.63, 3.8) is 0 Å². The van der Waals surface area contributed by atoms with Crippen molar-refractivity contribution in [1.82, 2.24) is 19.6 Å². The summed E-state index contributed by atoms with van der Waals surface area (Å²) in [5.74, 6) is 0. The predicted octanol–water partition coefficient (Wildman–Crippen LogP) is 3.08. The third-order valence-corrected chi connectivity index (χ3v) is 6.09. The maximum absolute atomic E-state index is 13.4. The zero-order valence-corrected chi connectivity index (χ0v) is 16.1. The minimum Gasteiger partial charge on any atom is -0.296 e. The molecule has 2 aromatic rings. The summed E-state index contributed by atoms with van der Waals surface area (Å²) in [6.45, 7) is 2.44. The van der Waals surface area contributed by atoms with E-state index in [2.05, 4.69) is 0 Å². The number of likely N-dealkylation sites (N-methyl/N-ethyl adjacent to an activating group) is 4. The van der Waals surface area contributed by atoms with E-state index in [1.165, 1.54) is 0 Å². The summed E-state index contributed by atoms with van der Waals surface area (Å²) in [5, 5.41) is 0. The van der Waals surface area contributed by atoms with Crippen LogP contribution in [0.15, 0.2) is 60.7 Å². The van der Waals surface area contributed by atoms with Crippen LogP contribution in [0.25, 0.3) is 0 Å². The van der Waals surface area contributed by atoms with E-state index >= 15 is 0 Å². The predicted molar refractivity (Wildman–Crippen MR) is 103 cm³/mol. The lowest BCUT2D eigenvalue weighted by atomic mass is 9.80. The summed E-state index contributed by atoms with van der Waals surface area (Å²) in [4.78, 5) is 33.6. The average molecular weight is 364 g/mol. The maximum atomic E-state index is 13.4.